The molecule has 21 heavy (non-hydrogen) atoms. The summed E-state index contributed by atoms with van der Waals surface area (Å²) in [7, 11) is 2.06. The fourth-order valence-corrected chi connectivity index (χ4v) is 3.02. The van der Waals surface area contributed by atoms with E-state index in [9.17, 15) is 9.90 Å². The van der Waals surface area contributed by atoms with Gasteiger partial charge in [0.1, 0.15) is 10.3 Å². The molecule has 0 aliphatic carbocycles. The third-order valence-corrected chi connectivity index (χ3v) is 4.27. The molecule has 1 saturated heterocycles. The lowest BCUT2D eigenvalue weighted by Gasteiger charge is -2.37. The summed E-state index contributed by atoms with van der Waals surface area (Å²) in [6, 6.07) is 3.25. The van der Waals surface area contributed by atoms with Crippen LogP contribution in [0.25, 0.3) is 0 Å². The van der Waals surface area contributed by atoms with E-state index in [4.69, 9.17) is 23.2 Å². The van der Waals surface area contributed by atoms with Crippen LogP contribution in [0.3, 0.4) is 0 Å². The van der Waals surface area contributed by atoms with Crippen LogP contribution in [-0.2, 0) is 0 Å². The van der Waals surface area contributed by atoms with Crippen molar-refractivity contribution in [1.82, 2.24) is 14.8 Å². The van der Waals surface area contributed by atoms with E-state index in [1.54, 1.807) is 17.0 Å². The predicted molar refractivity (Wildman–Crippen MR) is 82.9 cm³/mol. The summed E-state index contributed by atoms with van der Waals surface area (Å²) in [5.74, 6) is -0.201. The second kappa shape index (κ2) is 7.40. The van der Waals surface area contributed by atoms with Crippen molar-refractivity contribution in [2.75, 3.05) is 33.3 Å². The van der Waals surface area contributed by atoms with E-state index in [2.05, 4.69) is 16.9 Å². The van der Waals surface area contributed by atoms with Crippen LogP contribution >= 0.6 is 23.2 Å². The number of likely N-dealkylation sites (tertiary alicyclic amines) is 1. The van der Waals surface area contributed by atoms with Crippen LogP contribution in [0.1, 0.15) is 23.2 Å². The molecule has 1 N–H and O–H groups in total. The van der Waals surface area contributed by atoms with E-state index in [1.807, 2.05) is 0 Å². The molecule has 7 heteroatoms. The molecule has 1 aromatic rings. The van der Waals surface area contributed by atoms with Gasteiger partial charge in [-0.05, 0) is 45.1 Å². The van der Waals surface area contributed by atoms with Gasteiger partial charge in [-0.15, -0.1) is 0 Å². The lowest BCUT2D eigenvalue weighted by atomic mass is 10.0. The van der Waals surface area contributed by atoms with Gasteiger partial charge in [0, 0.05) is 12.6 Å². The monoisotopic (exact) mass is 331 g/mol. The molecule has 0 bridgehead atoms. The van der Waals surface area contributed by atoms with Crippen LogP contribution in [0.2, 0.25) is 10.3 Å². The van der Waals surface area contributed by atoms with Gasteiger partial charge in [0.15, 0.2) is 0 Å². The number of piperidine rings is 1. The van der Waals surface area contributed by atoms with Crippen molar-refractivity contribution in [3.05, 3.63) is 28.0 Å². The molecule has 116 valence electrons. The molecule has 0 aromatic carbocycles. The molecule has 1 aliphatic rings. The number of aliphatic hydroxyl groups is 1. The first-order valence-corrected chi connectivity index (χ1v) is 7.71. The number of carbonyl (C=O) groups excluding carboxylic acids is 1. The highest BCUT2D eigenvalue weighted by Crippen LogP contribution is 2.22. The molecule has 0 radical (unpaired) electrons. The standard InChI is InChI=1S/C14H19Cl2N3O2/c1-18-6-4-10(5-7-18)19(8-9-20)14(21)11-2-3-12(15)17-13(11)16/h2-3,10,20H,4-9H2,1H3. The number of nitrogens with zero attached hydrogens (tertiary/aromatic N) is 3. The molecule has 1 aromatic heterocycles. The van der Waals surface area contributed by atoms with Crippen LogP contribution in [0.5, 0.6) is 0 Å². The first-order valence-electron chi connectivity index (χ1n) is 6.95. The number of amides is 1. The number of aromatic nitrogens is 1. The maximum absolute atomic E-state index is 12.7. The number of hydrogen-bond donors (Lipinski definition) is 1. The minimum Gasteiger partial charge on any atom is -0.395 e. The molecule has 2 rings (SSSR count). The minimum absolute atomic E-state index is 0.0727. The molecule has 1 amide bonds. The van der Waals surface area contributed by atoms with Gasteiger partial charge in [0.05, 0.1) is 12.2 Å². The number of pyridine rings is 1. The van der Waals surface area contributed by atoms with E-state index >= 15 is 0 Å². The van der Waals surface area contributed by atoms with Crippen molar-refractivity contribution in [2.24, 2.45) is 0 Å². The van der Waals surface area contributed by atoms with Gasteiger partial charge in [-0.25, -0.2) is 4.98 Å². The first-order chi connectivity index (χ1) is 10.0. The summed E-state index contributed by atoms with van der Waals surface area (Å²) in [4.78, 5) is 20.5. The molecular weight excluding hydrogens is 313 g/mol. The Morgan fingerprint density at radius 1 is 1.43 bits per heavy atom. The SMILES string of the molecule is CN1CCC(N(CCO)C(=O)c2ccc(Cl)nc2Cl)CC1. The number of aliphatic hydroxyl groups excluding tert-OH is 1. The molecule has 1 fully saturated rings. The Hall–Kier alpha value is -0.880. The fourth-order valence-electron chi connectivity index (χ4n) is 2.59. The summed E-state index contributed by atoms with van der Waals surface area (Å²) in [6.07, 6.45) is 1.78. The first kappa shape index (κ1) is 16.5. The summed E-state index contributed by atoms with van der Waals surface area (Å²) in [5.41, 5.74) is 0.327. The fraction of sp³-hybridized carbons (Fsp3) is 0.571. The van der Waals surface area contributed by atoms with Gasteiger partial charge in [-0.1, -0.05) is 23.2 Å². The number of hydrogen-bond acceptors (Lipinski definition) is 4. The smallest absolute Gasteiger partial charge is 0.257 e. The summed E-state index contributed by atoms with van der Waals surface area (Å²) in [6.45, 7) is 2.10. The van der Waals surface area contributed by atoms with Gasteiger partial charge < -0.3 is 14.9 Å². The normalized spacial score (nSPS) is 17.0. The molecule has 0 saturated carbocycles. The van der Waals surface area contributed by atoms with Crippen molar-refractivity contribution in [3.63, 3.8) is 0 Å². The van der Waals surface area contributed by atoms with Gasteiger partial charge >= 0.3 is 0 Å². The molecule has 5 nitrogen and oxygen atoms in total. The van der Waals surface area contributed by atoms with Crippen LogP contribution in [-0.4, -0.2) is 65.1 Å². The molecule has 0 unspecified atom stereocenters. The number of rotatable bonds is 4. The molecule has 0 spiro atoms. The Bertz CT molecular complexity index is 505. The zero-order valence-corrected chi connectivity index (χ0v) is 13.4. The van der Waals surface area contributed by atoms with E-state index in [1.165, 1.54) is 0 Å². The maximum Gasteiger partial charge on any atom is 0.257 e. The second-order valence-corrected chi connectivity index (χ2v) is 5.97. The van der Waals surface area contributed by atoms with Crippen LogP contribution in [0.15, 0.2) is 12.1 Å². The highest BCUT2D eigenvalue weighted by atomic mass is 35.5. The molecule has 1 aliphatic heterocycles. The average Bonchev–Trinajstić information content (AvgIpc) is 2.45. The Balaban J connectivity index is 2.18. The van der Waals surface area contributed by atoms with Crippen molar-refractivity contribution < 1.29 is 9.90 Å². The van der Waals surface area contributed by atoms with Crippen molar-refractivity contribution in [2.45, 2.75) is 18.9 Å². The Labute approximate surface area is 134 Å². The van der Waals surface area contributed by atoms with Crippen LogP contribution < -0.4 is 0 Å². The third kappa shape index (κ3) is 4.07. The van der Waals surface area contributed by atoms with Gasteiger partial charge in [0.2, 0.25) is 0 Å². The zero-order chi connectivity index (χ0) is 15.4. The quantitative estimate of drug-likeness (QED) is 0.856. The molecular formula is C14H19Cl2N3O2. The van der Waals surface area contributed by atoms with Gasteiger partial charge in [-0.3, -0.25) is 4.79 Å². The van der Waals surface area contributed by atoms with Gasteiger partial charge in [0.25, 0.3) is 5.91 Å². The predicted octanol–water partition coefficient (Wildman–Crippen LogP) is 1.92. The third-order valence-electron chi connectivity index (χ3n) is 3.78. The Morgan fingerprint density at radius 3 is 2.67 bits per heavy atom. The maximum atomic E-state index is 12.7. The van der Waals surface area contributed by atoms with E-state index < -0.39 is 0 Å². The highest BCUT2D eigenvalue weighted by Gasteiger charge is 2.28. The summed E-state index contributed by atoms with van der Waals surface area (Å²) >= 11 is 11.8. The van der Waals surface area contributed by atoms with E-state index in [0.29, 0.717) is 12.1 Å². The number of carbonyl (C=O) groups is 1. The Morgan fingerprint density at radius 2 is 2.10 bits per heavy atom. The van der Waals surface area contributed by atoms with E-state index in [0.717, 1.165) is 25.9 Å². The van der Waals surface area contributed by atoms with Crippen molar-refractivity contribution in [1.29, 1.82) is 0 Å². The largest absolute Gasteiger partial charge is 0.395 e. The lowest BCUT2D eigenvalue weighted by Crippen LogP contribution is -2.47. The Kier molecular flexibility index (Phi) is 5.81. The number of halogens is 2. The van der Waals surface area contributed by atoms with Crippen LogP contribution in [0, 0.1) is 0 Å². The topological polar surface area (TPSA) is 56.7 Å². The zero-order valence-electron chi connectivity index (χ0n) is 11.9. The second-order valence-electron chi connectivity index (χ2n) is 5.23. The lowest BCUT2D eigenvalue weighted by molar-refractivity contribution is 0.0540. The summed E-state index contributed by atoms with van der Waals surface area (Å²) in [5, 5.41) is 9.61. The van der Waals surface area contributed by atoms with Crippen molar-refractivity contribution in [3.8, 4) is 0 Å². The van der Waals surface area contributed by atoms with Crippen LogP contribution in [0.4, 0.5) is 0 Å². The minimum atomic E-state index is -0.201. The van der Waals surface area contributed by atoms with Crippen molar-refractivity contribution >= 4 is 29.1 Å². The molecule has 2 heterocycles. The summed E-state index contributed by atoms with van der Waals surface area (Å²) < 4.78 is 0. The van der Waals surface area contributed by atoms with Gasteiger partial charge in [-0.2, -0.15) is 0 Å². The molecule has 0 atom stereocenters. The highest BCUT2D eigenvalue weighted by molar-refractivity contribution is 6.34. The van der Waals surface area contributed by atoms with E-state index in [-0.39, 0.29) is 28.9 Å². The average molecular weight is 332 g/mol.